The first-order chi connectivity index (χ1) is 15.4. The fraction of sp³-hybridized carbons (Fsp3) is 0.815. The van der Waals surface area contributed by atoms with Crippen LogP contribution in [0.15, 0.2) is 28.5 Å². The summed E-state index contributed by atoms with van der Waals surface area (Å²) in [5, 5.41) is 46.5. The van der Waals surface area contributed by atoms with Crippen molar-refractivity contribution < 1.29 is 25.3 Å². The predicted octanol–water partition coefficient (Wildman–Crippen LogP) is 3.73. The number of oxime groups is 1. The summed E-state index contributed by atoms with van der Waals surface area (Å²) in [6.07, 6.45) is 8.77. The zero-order valence-electron chi connectivity index (χ0n) is 20.9. The normalized spacial score (nSPS) is 42.7. The maximum Gasteiger partial charge on any atom is 0.106 e. The Morgan fingerprint density at radius 3 is 2.61 bits per heavy atom. The van der Waals surface area contributed by atoms with Crippen LogP contribution >= 0.6 is 0 Å². The zero-order chi connectivity index (χ0) is 24.2. The maximum absolute atomic E-state index is 11.1. The fourth-order valence-corrected chi connectivity index (χ4v) is 7.58. The highest BCUT2D eigenvalue weighted by Gasteiger charge is 2.58. The molecular formula is C27H43NO5. The van der Waals surface area contributed by atoms with Gasteiger partial charge in [-0.25, -0.2) is 0 Å². The Morgan fingerprint density at radius 2 is 1.94 bits per heavy atom. The highest BCUT2D eigenvalue weighted by atomic mass is 16.6. The molecule has 4 aliphatic rings. The Labute approximate surface area is 198 Å². The molecule has 4 aliphatic carbocycles. The summed E-state index contributed by atoms with van der Waals surface area (Å²) in [7, 11) is 1.56. The first-order valence-electron chi connectivity index (χ1n) is 12.7. The van der Waals surface area contributed by atoms with E-state index in [0.29, 0.717) is 31.6 Å². The molecule has 186 valence electrons. The second-order valence-corrected chi connectivity index (χ2v) is 12.2. The Bertz CT molecular complexity index is 842. The molecule has 0 heterocycles. The van der Waals surface area contributed by atoms with E-state index in [2.05, 4.69) is 31.2 Å². The van der Waals surface area contributed by atoms with Crippen molar-refractivity contribution >= 4 is 5.71 Å². The van der Waals surface area contributed by atoms with Gasteiger partial charge in [-0.3, -0.25) is 0 Å². The van der Waals surface area contributed by atoms with Crippen LogP contribution in [0.4, 0.5) is 0 Å². The highest BCUT2D eigenvalue weighted by molar-refractivity contribution is 5.99. The summed E-state index contributed by atoms with van der Waals surface area (Å²) in [6, 6.07) is 0. The molecule has 8 atom stereocenters. The smallest absolute Gasteiger partial charge is 0.106 e. The third-order valence-electron chi connectivity index (χ3n) is 9.42. The quantitative estimate of drug-likeness (QED) is 0.452. The largest absolute Gasteiger partial charge is 0.399 e. The van der Waals surface area contributed by atoms with Crippen molar-refractivity contribution in [1.82, 2.24) is 0 Å². The number of fused-ring (bicyclic) bond motifs is 5. The van der Waals surface area contributed by atoms with Gasteiger partial charge in [0.15, 0.2) is 0 Å². The van der Waals surface area contributed by atoms with Crippen LogP contribution in [-0.2, 0) is 4.84 Å². The van der Waals surface area contributed by atoms with Gasteiger partial charge in [0.25, 0.3) is 0 Å². The molecular weight excluding hydrogens is 418 g/mol. The molecule has 0 aliphatic heterocycles. The third-order valence-corrected chi connectivity index (χ3v) is 9.42. The van der Waals surface area contributed by atoms with E-state index in [-0.39, 0.29) is 22.7 Å². The minimum atomic E-state index is -0.733. The van der Waals surface area contributed by atoms with Crippen molar-refractivity contribution in [3.05, 3.63) is 23.3 Å². The first-order valence-corrected chi connectivity index (χ1v) is 12.7. The van der Waals surface area contributed by atoms with Crippen LogP contribution < -0.4 is 0 Å². The van der Waals surface area contributed by atoms with Gasteiger partial charge < -0.3 is 25.3 Å². The Balaban J connectivity index is 1.61. The summed E-state index contributed by atoms with van der Waals surface area (Å²) in [4.78, 5) is 5.20. The van der Waals surface area contributed by atoms with Crippen LogP contribution in [0.5, 0.6) is 0 Å². The highest BCUT2D eigenvalue weighted by Crippen LogP contribution is 2.64. The van der Waals surface area contributed by atoms with Crippen molar-refractivity contribution in [2.45, 2.75) is 103 Å². The van der Waals surface area contributed by atoms with E-state index in [4.69, 9.17) is 4.84 Å². The van der Waals surface area contributed by atoms with E-state index in [1.54, 1.807) is 7.11 Å². The lowest BCUT2D eigenvalue weighted by Crippen LogP contribution is -2.55. The molecule has 2 saturated carbocycles. The molecule has 4 rings (SSSR count). The van der Waals surface area contributed by atoms with Gasteiger partial charge in [0.1, 0.15) is 7.11 Å². The fourth-order valence-electron chi connectivity index (χ4n) is 7.58. The minimum absolute atomic E-state index is 0.0548. The maximum atomic E-state index is 11.1. The van der Waals surface area contributed by atoms with E-state index >= 15 is 0 Å². The lowest BCUT2D eigenvalue weighted by molar-refractivity contribution is -0.0845. The van der Waals surface area contributed by atoms with Gasteiger partial charge in [-0.1, -0.05) is 25.1 Å². The van der Waals surface area contributed by atoms with Crippen LogP contribution in [0.3, 0.4) is 0 Å². The molecule has 6 nitrogen and oxygen atoms in total. The molecule has 0 spiro atoms. The summed E-state index contributed by atoms with van der Waals surface area (Å²) in [6.45, 7) is 8.19. The number of hydrogen-bond donors (Lipinski definition) is 4. The second-order valence-electron chi connectivity index (χ2n) is 12.2. The van der Waals surface area contributed by atoms with Crippen LogP contribution in [-0.4, -0.2) is 57.2 Å². The van der Waals surface area contributed by atoms with Crippen LogP contribution in [0, 0.1) is 28.6 Å². The summed E-state index contributed by atoms with van der Waals surface area (Å²) in [5.41, 5.74) is 2.49. The summed E-state index contributed by atoms with van der Waals surface area (Å²) in [5.74, 6) is 0.522. The molecule has 0 saturated heterocycles. The van der Waals surface area contributed by atoms with Gasteiger partial charge in [-0.15, -0.1) is 0 Å². The summed E-state index contributed by atoms with van der Waals surface area (Å²) >= 11 is 0. The molecule has 0 amide bonds. The van der Waals surface area contributed by atoms with Crippen LogP contribution in [0.1, 0.15) is 79.1 Å². The standard InChI is InChI=1S/C27H43NO5/c1-25(2,32)11-6-7-22(29)19-9-8-17-16-13-21(28-33-5)20-14-23(30)24(31)15-27(20,4)18(16)10-12-26(17,19)3/h8,13,18-20,22-24,29-32H,6-7,9-12,14-15H2,1-5H3/b28-21-. The van der Waals surface area contributed by atoms with E-state index in [0.717, 1.165) is 31.4 Å². The van der Waals surface area contributed by atoms with Crippen molar-refractivity contribution in [1.29, 1.82) is 0 Å². The van der Waals surface area contributed by atoms with Crippen molar-refractivity contribution in [2.75, 3.05) is 7.11 Å². The van der Waals surface area contributed by atoms with Gasteiger partial charge in [-0.05, 0) is 105 Å². The SMILES string of the molecule is CO/N=C1/C=C2C3=CCC(C(O)CCCC(C)(C)O)C3(C)CCC2C2(C)CC(O)C(O)CC12. The van der Waals surface area contributed by atoms with Crippen molar-refractivity contribution in [3.63, 3.8) is 0 Å². The lowest BCUT2D eigenvalue weighted by atomic mass is 9.48. The third kappa shape index (κ3) is 4.33. The molecule has 0 radical (unpaired) electrons. The molecule has 0 aromatic rings. The molecule has 2 fully saturated rings. The van der Waals surface area contributed by atoms with Gasteiger partial charge in [0.05, 0.1) is 29.6 Å². The second kappa shape index (κ2) is 8.78. The number of hydrogen-bond acceptors (Lipinski definition) is 6. The molecule has 4 N–H and O–H groups in total. The molecule has 0 aromatic carbocycles. The van der Waals surface area contributed by atoms with Gasteiger partial charge in [-0.2, -0.15) is 0 Å². The van der Waals surface area contributed by atoms with E-state index in [9.17, 15) is 20.4 Å². The number of aliphatic hydroxyl groups excluding tert-OH is 3. The molecule has 6 heteroatoms. The van der Waals surface area contributed by atoms with Gasteiger partial charge in [0.2, 0.25) is 0 Å². The first kappa shape index (κ1) is 24.9. The molecule has 0 aromatic heterocycles. The van der Waals surface area contributed by atoms with Crippen LogP contribution in [0.2, 0.25) is 0 Å². The number of rotatable bonds is 6. The average molecular weight is 462 g/mol. The average Bonchev–Trinajstić information content (AvgIpc) is 3.06. The minimum Gasteiger partial charge on any atom is -0.399 e. The van der Waals surface area contributed by atoms with E-state index in [1.165, 1.54) is 11.1 Å². The number of nitrogens with zero attached hydrogens (tertiary/aromatic N) is 1. The van der Waals surface area contributed by atoms with Crippen molar-refractivity contribution in [3.8, 4) is 0 Å². The number of allylic oxidation sites excluding steroid dienone is 4. The molecule has 33 heavy (non-hydrogen) atoms. The zero-order valence-corrected chi connectivity index (χ0v) is 20.9. The van der Waals surface area contributed by atoms with Gasteiger partial charge >= 0.3 is 0 Å². The van der Waals surface area contributed by atoms with Crippen molar-refractivity contribution in [2.24, 2.45) is 33.7 Å². The van der Waals surface area contributed by atoms with Gasteiger partial charge in [0, 0.05) is 5.92 Å². The van der Waals surface area contributed by atoms with E-state index in [1.807, 2.05) is 13.8 Å². The summed E-state index contributed by atoms with van der Waals surface area (Å²) < 4.78 is 0. The Morgan fingerprint density at radius 1 is 1.21 bits per heavy atom. The molecule has 8 unspecified atom stereocenters. The monoisotopic (exact) mass is 461 g/mol. The van der Waals surface area contributed by atoms with E-state index < -0.39 is 23.9 Å². The topological polar surface area (TPSA) is 103 Å². The predicted molar refractivity (Wildman–Crippen MR) is 129 cm³/mol. The van der Waals surface area contributed by atoms with Crippen LogP contribution in [0.25, 0.3) is 0 Å². The molecule has 0 bridgehead atoms. The lowest BCUT2D eigenvalue weighted by Gasteiger charge is -2.57. The number of aliphatic hydroxyl groups is 4. The Kier molecular flexibility index (Phi) is 6.62. The Hall–Kier alpha value is -1.21.